The Hall–Kier alpha value is -3.02. The smallest absolute Gasteiger partial charge is 0.227 e. The molecule has 0 aliphatic carbocycles. The number of anilines is 1. The van der Waals surface area contributed by atoms with Crippen molar-refractivity contribution < 1.29 is 19.1 Å². The fraction of sp³-hybridized carbons (Fsp3) is 0.333. The van der Waals surface area contributed by atoms with Gasteiger partial charge in [0.15, 0.2) is 11.5 Å². The Bertz CT molecular complexity index is 863. The molecule has 0 aromatic heterocycles. The van der Waals surface area contributed by atoms with Gasteiger partial charge in [-0.15, -0.1) is 0 Å². The Labute approximate surface area is 158 Å². The first-order valence-corrected chi connectivity index (χ1v) is 9.13. The monoisotopic (exact) mass is 366 g/mol. The quantitative estimate of drug-likeness (QED) is 0.902. The zero-order valence-corrected chi connectivity index (χ0v) is 15.2. The van der Waals surface area contributed by atoms with Crippen molar-refractivity contribution in [3.05, 3.63) is 53.6 Å². The normalized spacial score (nSPS) is 18.5. The van der Waals surface area contributed by atoms with Crippen molar-refractivity contribution in [3.8, 4) is 11.5 Å². The van der Waals surface area contributed by atoms with E-state index in [4.69, 9.17) is 9.47 Å². The zero-order chi connectivity index (χ0) is 18.8. The lowest BCUT2D eigenvalue weighted by Gasteiger charge is -2.22. The maximum absolute atomic E-state index is 12.5. The number of carbonyl (C=O) groups is 2. The number of hydrogen-bond acceptors (Lipinski definition) is 4. The van der Waals surface area contributed by atoms with Crippen molar-refractivity contribution in [2.24, 2.45) is 5.92 Å². The highest BCUT2D eigenvalue weighted by molar-refractivity contribution is 6.00. The van der Waals surface area contributed by atoms with Gasteiger partial charge in [0.2, 0.25) is 11.8 Å². The Morgan fingerprint density at radius 3 is 2.63 bits per heavy atom. The van der Waals surface area contributed by atoms with Gasteiger partial charge in [0.25, 0.3) is 0 Å². The molecule has 0 unspecified atom stereocenters. The number of nitrogens with zero attached hydrogens (tertiary/aromatic N) is 1. The first-order valence-electron chi connectivity index (χ1n) is 9.13. The molecular formula is C21H22N2O4. The van der Waals surface area contributed by atoms with Crippen molar-refractivity contribution >= 4 is 17.5 Å². The molecule has 1 fully saturated rings. The van der Waals surface area contributed by atoms with Crippen LogP contribution in [0.1, 0.15) is 17.5 Å². The molecule has 0 bridgehead atoms. The molecule has 4 rings (SSSR count). The molecule has 1 N–H and O–H groups in total. The fourth-order valence-corrected chi connectivity index (χ4v) is 3.37. The average molecular weight is 366 g/mol. The summed E-state index contributed by atoms with van der Waals surface area (Å²) in [5.74, 6) is 0.824. The van der Waals surface area contributed by atoms with E-state index in [1.165, 1.54) is 5.56 Å². The summed E-state index contributed by atoms with van der Waals surface area (Å²) in [5.41, 5.74) is 2.96. The summed E-state index contributed by atoms with van der Waals surface area (Å²) in [7, 11) is 0. The summed E-state index contributed by atoms with van der Waals surface area (Å²) in [6, 6.07) is 13.5. The summed E-state index contributed by atoms with van der Waals surface area (Å²) in [4.78, 5) is 26.6. The fourth-order valence-electron chi connectivity index (χ4n) is 3.37. The predicted molar refractivity (Wildman–Crippen MR) is 101 cm³/mol. The maximum atomic E-state index is 12.5. The molecule has 0 spiro atoms. The van der Waals surface area contributed by atoms with Crippen LogP contribution < -0.4 is 19.7 Å². The number of amides is 2. The van der Waals surface area contributed by atoms with Crippen molar-refractivity contribution in [2.45, 2.75) is 19.9 Å². The van der Waals surface area contributed by atoms with Crippen molar-refractivity contribution in [2.75, 3.05) is 24.7 Å². The molecule has 6 heteroatoms. The van der Waals surface area contributed by atoms with Crippen LogP contribution in [0.5, 0.6) is 11.5 Å². The Kier molecular flexibility index (Phi) is 4.71. The average Bonchev–Trinajstić information content (AvgIpc) is 3.09. The lowest BCUT2D eigenvalue weighted by atomic mass is 10.1. The molecule has 2 amide bonds. The van der Waals surface area contributed by atoms with Gasteiger partial charge in [0.1, 0.15) is 13.2 Å². The third kappa shape index (κ3) is 3.74. The minimum Gasteiger partial charge on any atom is -0.486 e. The molecule has 2 aliphatic rings. The zero-order valence-electron chi connectivity index (χ0n) is 15.2. The van der Waals surface area contributed by atoms with Crippen molar-refractivity contribution in [1.82, 2.24) is 5.32 Å². The van der Waals surface area contributed by atoms with Gasteiger partial charge in [-0.2, -0.15) is 0 Å². The SMILES string of the molecule is Cc1ccc(CNC(=O)[C@H]2CC(=O)N(c3ccc4c(c3)OCCO4)C2)cc1. The van der Waals surface area contributed by atoms with Crippen LogP contribution in [0.3, 0.4) is 0 Å². The van der Waals surface area contributed by atoms with E-state index in [1.807, 2.05) is 43.3 Å². The first-order chi connectivity index (χ1) is 13.1. The molecule has 27 heavy (non-hydrogen) atoms. The lowest BCUT2D eigenvalue weighted by Crippen LogP contribution is -2.32. The van der Waals surface area contributed by atoms with Gasteiger partial charge in [-0.3, -0.25) is 9.59 Å². The molecule has 2 aromatic carbocycles. The van der Waals surface area contributed by atoms with Gasteiger partial charge in [0.05, 0.1) is 5.92 Å². The molecule has 6 nitrogen and oxygen atoms in total. The standard InChI is InChI=1S/C21H22N2O4/c1-14-2-4-15(5-3-14)12-22-21(25)16-10-20(24)23(13-16)17-6-7-18-19(11-17)27-9-8-26-18/h2-7,11,16H,8-10,12-13H2,1H3,(H,22,25)/t16-/m0/s1. The number of nitrogens with one attached hydrogen (secondary N) is 1. The molecule has 2 heterocycles. The minimum atomic E-state index is -0.351. The van der Waals surface area contributed by atoms with Gasteiger partial charge >= 0.3 is 0 Å². The van der Waals surface area contributed by atoms with E-state index in [0.717, 1.165) is 11.3 Å². The number of rotatable bonds is 4. The number of carbonyl (C=O) groups excluding carboxylic acids is 2. The van der Waals surface area contributed by atoms with E-state index in [-0.39, 0.29) is 24.2 Å². The maximum Gasteiger partial charge on any atom is 0.227 e. The first kappa shape index (κ1) is 17.4. The van der Waals surface area contributed by atoms with Crippen molar-refractivity contribution in [1.29, 1.82) is 0 Å². The van der Waals surface area contributed by atoms with Crippen LogP contribution in [0, 0.1) is 12.8 Å². The lowest BCUT2D eigenvalue weighted by molar-refractivity contribution is -0.126. The van der Waals surface area contributed by atoms with Crippen LogP contribution in [-0.4, -0.2) is 31.6 Å². The molecule has 1 atom stereocenters. The van der Waals surface area contributed by atoms with Crippen LogP contribution in [-0.2, 0) is 16.1 Å². The highest BCUT2D eigenvalue weighted by Crippen LogP contribution is 2.35. The van der Waals surface area contributed by atoms with Crippen LogP contribution in [0.2, 0.25) is 0 Å². The predicted octanol–water partition coefficient (Wildman–Crippen LogP) is 2.44. The molecule has 140 valence electrons. The second-order valence-corrected chi connectivity index (χ2v) is 6.94. The number of hydrogen-bond donors (Lipinski definition) is 1. The molecular weight excluding hydrogens is 344 g/mol. The Morgan fingerprint density at radius 2 is 1.85 bits per heavy atom. The second-order valence-electron chi connectivity index (χ2n) is 6.94. The van der Waals surface area contributed by atoms with Crippen LogP contribution in [0.25, 0.3) is 0 Å². The number of fused-ring (bicyclic) bond motifs is 1. The molecule has 2 aliphatic heterocycles. The third-order valence-corrected chi connectivity index (χ3v) is 4.92. The van der Waals surface area contributed by atoms with E-state index in [0.29, 0.717) is 37.8 Å². The summed E-state index contributed by atoms with van der Waals surface area (Å²) >= 11 is 0. The third-order valence-electron chi connectivity index (χ3n) is 4.92. The number of benzene rings is 2. The van der Waals surface area contributed by atoms with E-state index in [9.17, 15) is 9.59 Å². The summed E-state index contributed by atoms with van der Waals surface area (Å²) in [5, 5.41) is 2.94. The van der Waals surface area contributed by atoms with Crippen LogP contribution >= 0.6 is 0 Å². The van der Waals surface area contributed by atoms with Gasteiger partial charge in [-0.25, -0.2) is 0 Å². The largest absolute Gasteiger partial charge is 0.486 e. The Balaban J connectivity index is 1.39. The minimum absolute atomic E-state index is 0.0536. The van der Waals surface area contributed by atoms with Gasteiger partial charge < -0.3 is 19.7 Å². The second kappa shape index (κ2) is 7.31. The summed E-state index contributed by atoms with van der Waals surface area (Å²) in [6.07, 6.45) is 0.216. The van der Waals surface area contributed by atoms with E-state index < -0.39 is 0 Å². The molecule has 0 radical (unpaired) electrons. The van der Waals surface area contributed by atoms with Gasteiger partial charge in [-0.1, -0.05) is 29.8 Å². The van der Waals surface area contributed by atoms with Crippen LogP contribution in [0.4, 0.5) is 5.69 Å². The van der Waals surface area contributed by atoms with Crippen LogP contribution in [0.15, 0.2) is 42.5 Å². The van der Waals surface area contributed by atoms with Gasteiger partial charge in [-0.05, 0) is 24.6 Å². The highest BCUT2D eigenvalue weighted by atomic mass is 16.6. The summed E-state index contributed by atoms with van der Waals surface area (Å²) in [6.45, 7) is 3.89. The van der Waals surface area contributed by atoms with E-state index in [1.54, 1.807) is 11.0 Å². The summed E-state index contributed by atoms with van der Waals surface area (Å²) < 4.78 is 11.1. The van der Waals surface area contributed by atoms with E-state index >= 15 is 0 Å². The highest BCUT2D eigenvalue weighted by Gasteiger charge is 2.35. The van der Waals surface area contributed by atoms with Gasteiger partial charge in [0, 0.05) is 31.3 Å². The van der Waals surface area contributed by atoms with Crippen molar-refractivity contribution in [3.63, 3.8) is 0 Å². The van der Waals surface area contributed by atoms with E-state index in [2.05, 4.69) is 5.32 Å². The molecule has 1 saturated heterocycles. The number of ether oxygens (including phenoxy) is 2. The molecule has 0 saturated carbocycles. The Morgan fingerprint density at radius 1 is 1.11 bits per heavy atom. The number of aryl methyl sites for hydroxylation is 1. The topological polar surface area (TPSA) is 67.9 Å². The molecule has 2 aromatic rings.